The summed E-state index contributed by atoms with van der Waals surface area (Å²) in [6.07, 6.45) is 1.12. The van der Waals surface area contributed by atoms with Crippen LogP contribution < -0.4 is 5.73 Å². The second-order valence-corrected chi connectivity index (χ2v) is 3.20. The molecular weight excluding hydrogens is 150 g/mol. The van der Waals surface area contributed by atoms with E-state index in [0.29, 0.717) is 0 Å². The summed E-state index contributed by atoms with van der Waals surface area (Å²) in [4.78, 5) is 0. The van der Waals surface area contributed by atoms with Gasteiger partial charge in [0, 0.05) is 13.5 Å². The molecule has 0 amide bonds. The van der Waals surface area contributed by atoms with Crippen molar-refractivity contribution in [2.75, 3.05) is 7.11 Å². The van der Waals surface area contributed by atoms with Gasteiger partial charge in [0.25, 0.3) is 0 Å². The van der Waals surface area contributed by atoms with Crippen molar-refractivity contribution in [3.63, 3.8) is 0 Å². The molecule has 0 spiro atoms. The van der Waals surface area contributed by atoms with Crippen molar-refractivity contribution in [2.45, 2.75) is 18.6 Å². The molecule has 1 aliphatic carbocycles. The SMILES string of the molecule is CO[C@H]1Cc2ccccc2C1N. The molecule has 0 heterocycles. The van der Waals surface area contributed by atoms with Crippen molar-refractivity contribution in [2.24, 2.45) is 5.73 Å². The standard InChI is InChI=1S/C10H13NO/c1-12-9-6-7-4-2-3-5-8(7)10(9)11/h2-5,9-10H,6,11H2,1H3/t9-,10?/m0/s1. The molecule has 0 bridgehead atoms. The lowest BCUT2D eigenvalue weighted by Crippen LogP contribution is -2.23. The Bertz CT molecular complexity index is 285. The van der Waals surface area contributed by atoms with Gasteiger partial charge in [-0.15, -0.1) is 0 Å². The first kappa shape index (κ1) is 7.77. The number of rotatable bonds is 1. The molecule has 0 aromatic heterocycles. The Labute approximate surface area is 72.3 Å². The number of methoxy groups -OCH3 is 1. The summed E-state index contributed by atoms with van der Waals surface area (Å²) in [7, 11) is 1.72. The van der Waals surface area contributed by atoms with Gasteiger partial charge in [0.05, 0.1) is 12.1 Å². The first-order chi connectivity index (χ1) is 5.83. The van der Waals surface area contributed by atoms with Crippen LogP contribution in [0.5, 0.6) is 0 Å². The summed E-state index contributed by atoms with van der Waals surface area (Å²) >= 11 is 0. The van der Waals surface area contributed by atoms with E-state index in [4.69, 9.17) is 10.5 Å². The minimum absolute atomic E-state index is 0.0613. The van der Waals surface area contributed by atoms with Gasteiger partial charge in [0.2, 0.25) is 0 Å². The average molecular weight is 163 g/mol. The Kier molecular flexibility index (Phi) is 1.87. The quantitative estimate of drug-likeness (QED) is 0.676. The number of hydrogen-bond acceptors (Lipinski definition) is 2. The molecule has 0 saturated heterocycles. The molecule has 2 heteroatoms. The second-order valence-electron chi connectivity index (χ2n) is 3.20. The number of hydrogen-bond donors (Lipinski definition) is 1. The van der Waals surface area contributed by atoms with E-state index in [1.165, 1.54) is 11.1 Å². The first-order valence-corrected chi connectivity index (χ1v) is 4.19. The van der Waals surface area contributed by atoms with E-state index >= 15 is 0 Å². The molecule has 64 valence electrons. The van der Waals surface area contributed by atoms with Gasteiger partial charge < -0.3 is 10.5 Å². The largest absolute Gasteiger partial charge is 0.379 e. The second kappa shape index (κ2) is 2.88. The Morgan fingerprint density at radius 2 is 2.17 bits per heavy atom. The maximum atomic E-state index is 5.98. The van der Waals surface area contributed by atoms with Crippen LogP contribution in [-0.2, 0) is 11.2 Å². The van der Waals surface area contributed by atoms with Crippen LogP contribution in [0.3, 0.4) is 0 Å². The van der Waals surface area contributed by atoms with Crippen LogP contribution in [0.2, 0.25) is 0 Å². The lowest BCUT2D eigenvalue weighted by Gasteiger charge is -2.13. The van der Waals surface area contributed by atoms with Gasteiger partial charge in [-0.05, 0) is 11.1 Å². The highest BCUT2D eigenvalue weighted by Crippen LogP contribution is 2.30. The van der Waals surface area contributed by atoms with Gasteiger partial charge in [0.1, 0.15) is 0 Å². The Morgan fingerprint density at radius 3 is 2.83 bits per heavy atom. The topological polar surface area (TPSA) is 35.2 Å². The zero-order chi connectivity index (χ0) is 8.55. The number of ether oxygens (including phenoxy) is 1. The van der Waals surface area contributed by atoms with E-state index in [0.717, 1.165) is 6.42 Å². The summed E-state index contributed by atoms with van der Waals surface area (Å²) in [5.74, 6) is 0. The lowest BCUT2D eigenvalue weighted by molar-refractivity contribution is 0.0907. The molecule has 12 heavy (non-hydrogen) atoms. The summed E-state index contributed by atoms with van der Waals surface area (Å²) in [5.41, 5.74) is 8.55. The van der Waals surface area contributed by atoms with E-state index in [-0.39, 0.29) is 12.1 Å². The predicted molar refractivity (Wildman–Crippen MR) is 47.9 cm³/mol. The first-order valence-electron chi connectivity index (χ1n) is 4.19. The van der Waals surface area contributed by atoms with E-state index in [9.17, 15) is 0 Å². The van der Waals surface area contributed by atoms with E-state index < -0.39 is 0 Å². The van der Waals surface area contributed by atoms with Crippen molar-refractivity contribution >= 4 is 0 Å². The van der Waals surface area contributed by atoms with Crippen LogP contribution in [0, 0.1) is 0 Å². The normalized spacial score (nSPS) is 27.2. The van der Waals surface area contributed by atoms with Crippen LogP contribution >= 0.6 is 0 Å². The van der Waals surface area contributed by atoms with Crippen LogP contribution in [0.15, 0.2) is 24.3 Å². The highest BCUT2D eigenvalue weighted by atomic mass is 16.5. The van der Waals surface area contributed by atoms with Crippen LogP contribution in [0.4, 0.5) is 0 Å². The summed E-state index contributed by atoms with van der Waals surface area (Å²) in [6, 6.07) is 8.33. The smallest absolute Gasteiger partial charge is 0.0804 e. The van der Waals surface area contributed by atoms with Gasteiger partial charge in [-0.25, -0.2) is 0 Å². The fourth-order valence-corrected chi connectivity index (χ4v) is 1.82. The molecule has 2 atom stereocenters. The molecule has 2 N–H and O–H groups in total. The highest BCUT2D eigenvalue weighted by Gasteiger charge is 2.28. The minimum Gasteiger partial charge on any atom is -0.379 e. The fraction of sp³-hybridized carbons (Fsp3) is 0.400. The molecule has 1 aromatic carbocycles. The Morgan fingerprint density at radius 1 is 1.42 bits per heavy atom. The van der Waals surface area contributed by atoms with Gasteiger partial charge in [-0.2, -0.15) is 0 Å². The molecular formula is C10H13NO. The van der Waals surface area contributed by atoms with Crippen molar-refractivity contribution < 1.29 is 4.74 Å². The maximum Gasteiger partial charge on any atom is 0.0804 e. The molecule has 1 unspecified atom stereocenters. The Balaban J connectivity index is 2.35. The monoisotopic (exact) mass is 163 g/mol. The molecule has 2 rings (SSSR count). The lowest BCUT2D eigenvalue weighted by atomic mass is 10.1. The molecule has 0 saturated carbocycles. The van der Waals surface area contributed by atoms with E-state index in [1.54, 1.807) is 7.11 Å². The third-order valence-corrected chi connectivity index (χ3v) is 2.54. The zero-order valence-electron chi connectivity index (χ0n) is 7.16. The Hall–Kier alpha value is -0.860. The van der Waals surface area contributed by atoms with Crippen molar-refractivity contribution in [3.8, 4) is 0 Å². The molecule has 0 radical (unpaired) electrons. The van der Waals surface area contributed by atoms with E-state index in [1.807, 2.05) is 12.1 Å². The van der Waals surface area contributed by atoms with Crippen LogP contribution in [0.25, 0.3) is 0 Å². The van der Waals surface area contributed by atoms with Crippen molar-refractivity contribution in [1.82, 2.24) is 0 Å². The molecule has 1 aromatic rings. The van der Waals surface area contributed by atoms with Crippen molar-refractivity contribution in [1.29, 1.82) is 0 Å². The van der Waals surface area contributed by atoms with Gasteiger partial charge in [0.15, 0.2) is 0 Å². The molecule has 2 nitrogen and oxygen atoms in total. The van der Waals surface area contributed by atoms with Crippen LogP contribution in [-0.4, -0.2) is 13.2 Å². The summed E-state index contributed by atoms with van der Waals surface area (Å²) < 4.78 is 5.28. The fourth-order valence-electron chi connectivity index (χ4n) is 1.82. The molecule has 0 aliphatic heterocycles. The molecule has 1 aliphatic rings. The average Bonchev–Trinajstić information content (AvgIpc) is 2.44. The predicted octanol–water partition coefficient (Wildman–Crippen LogP) is 1.26. The van der Waals surface area contributed by atoms with E-state index in [2.05, 4.69) is 12.1 Å². The van der Waals surface area contributed by atoms with Gasteiger partial charge in [-0.1, -0.05) is 24.3 Å². The van der Waals surface area contributed by atoms with Crippen LogP contribution in [0.1, 0.15) is 17.2 Å². The number of nitrogens with two attached hydrogens (primary N) is 1. The third kappa shape index (κ3) is 1.04. The number of fused-ring (bicyclic) bond motifs is 1. The van der Waals surface area contributed by atoms with Gasteiger partial charge in [-0.3, -0.25) is 0 Å². The van der Waals surface area contributed by atoms with Crippen molar-refractivity contribution in [3.05, 3.63) is 35.4 Å². The highest BCUT2D eigenvalue weighted by molar-refractivity contribution is 5.36. The maximum absolute atomic E-state index is 5.98. The molecule has 0 fully saturated rings. The number of benzene rings is 1. The minimum atomic E-state index is 0.0613. The zero-order valence-corrected chi connectivity index (χ0v) is 7.16. The summed E-state index contributed by atoms with van der Waals surface area (Å²) in [6.45, 7) is 0. The summed E-state index contributed by atoms with van der Waals surface area (Å²) in [5, 5.41) is 0. The van der Waals surface area contributed by atoms with Gasteiger partial charge >= 0.3 is 0 Å². The third-order valence-electron chi connectivity index (χ3n) is 2.54.